The molecule has 0 radical (unpaired) electrons. The van der Waals surface area contributed by atoms with E-state index in [1.54, 1.807) is 4.90 Å². The molecule has 0 saturated carbocycles. The minimum atomic E-state index is -0.369. The fraction of sp³-hybridized carbons (Fsp3) is 0.889. The molecule has 1 heterocycles. The Morgan fingerprint density at radius 2 is 1.93 bits per heavy atom. The first-order valence-corrected chi connectivity index (χ1v) is 6.81. The van der Waals surface area contributed by atoms with Gasteiger partial charge in [-0.15, -0.1) is 0 Å². The molecule has 0 unspecified atom stereocenters. The van der Waals surface area contributed by atoms with Gasteiger partial charge in [0.2, 0.25) is 0 Å². The van der Waals surface area contributed by atoms with E-state index in [1.165, 1.54) is 32.4 Å². The van der Waals surface area contributed by atoms with Gasteiger partial charge in [0, 0.05) is 0 Å². The van der Waals surface area contributed by atoms with Gasteiger partial charge in [-0.3, -0.25) is 0 Å². The Bertz CT molecular complexity index is 182. The molecule has 14 heavy (non-hydrogen) atoms. The lowest BCUT2D eigenvalue weighted by atomic mass is 10.1. The molecule has 0 aromatic heterocycles. The van der Waals surface area contributed by atoms with Crippen LogP contribution in [0.1, 0.15) is 19.3 Å². The van der Waals surface area contributed by atoms with Gasteiger partial charge in [0.15, 0.2) is 3.74 Å². The molecule has 0 atom stereocenters. The molecule has 3 nitrogen and oxygen atoms in total. The van der Waals surface area contributed by atoms with Crippen LogP contribution in [-0.2, 0) is 9.53 Å². The standard InChI is InChI=1S/C9H15Br2NO2/c10-8(11)9(13)14-7-6-12-4-2-1-3-5-12/h8H,1-7H2/p+1. The fourth-order valence-electron chi connectivity index (χ4n) is 1.66. The molecule has 1 saturated heterocycles. The molecule has 0 spiro atoms. The van der Waals surface area contributed by atoms with Gasteiger partial charge in [-0.25, -0.2) is 4.79 Å². The highest BCUT2D eigenvalue weighted by Crippen LogP contribution is 2.08. The summed E-state index contributed by atoms with van der Waals surface area (Å²) in [7, 11) is 0. The predicted molar refractivity (Wildman–Crippen MR) is 62.0 cm³/mol. The van der Waals surface area contributed by atoms with Crippen molar-refractivity contribution in [2.45, 2.75) is 23.0 Å². The lowest BCUT2D eigenvalue weighted by Gasteiger charge is -2.23. The van der Waals surface area contributed by atoms with Crippen LogP contribution < -0.4 is 4.90 Å². The normalized spacial score (nSPS) is 18.5. The van der Waals surface area contributed by atoms with Crippen molar-refractivity contribution in [1.82, 2.24) is 0 Å². The van der Waals surface area contributed by atoms with Crippen molar-refractivity contribution in [2.24, 2.45) is 0 Å². The quantitative estimate of drug-likeness (QED) is 0.608. The molecular weight excluding hydrogens is 314 g/mol. The number of esters is 1. The maximum absolute atomic E-state index is 11.1. The Morgan fingerprint density at radius 3 is 2.50 bits per heavy atom. The highest BCUT2D eigenvalue weighted by molar-refractivity contribution is 9.25. The summed E-state index contributed by atoms with van der Waals surface area (Å²) in [6, 6.07) is 0. The number of nitrogens with one attached hydrogen (secondary N) is 1. The minimum Gasteiger partial charge on any atom is -0.458 e. The van der Waals surface area contributed by atoms with Gasteiger partial charge >= 0.3 is 5.97 Å². The van der Waals surface area contributed by atoms with Crippen LogP contribution >= 0.6 is 31.9 Å². The monoisotopic (exact) mass is 328 g/mol. The average molecular weight is 330 g/mol. The molecular formula is C9H16Br2NO2+. The van der Waals surface area contributed by atoms with E-state index in [-0.39, 0.29) is 9.71 Å². The van der Waals surface area contributed by atoms with Gasteiger partial charge in [-0.05, 0) is 19.3 Å². The van der Waals surface area contributed by atoms with Crippen LogP contribution in [0.15, 0.2) is 0 Å². The Morgan fingerprint density at radius 1 is 1.29 bits per heavy atom. The van der Waals surface area contributed by atoms with Gasteiger partial charge in [0.05, 0.1) is 13.1 Å². The maximum Gasteiger partial charge on any atom is 0.330 e. The van der Waals surface area contributed by atoms with Crippen LogP contribution in [0.4, 0.5) is 0 Å². The van der Waals surface area contributed by atoms with Crippen molar-refractivity contribution in [3.8, 4) is 0 Å². The topological polar surface area (TPSA) is 30.7 Å². The second kappa shape index (κ2) is 6.80. The number of likely N-dealkylation sites (tertiary alicyclic amines) is 1. The van der Waals surface area contributed by atoms with Gasteiger partial charge in [-0.2, -0.15) is 0 Å². The predicted octanol–water partition coefficient (Wildman–Crippen LogP) is 0.714. The van der Waals surface area contributed by atoms with Crippen LogP contribution in [0.3, 0.4) is 0 Å². The summed E-state index contributed by atoms with van der Waals surface area (Å²) in [4.78, 5) is 12.6. The Hall–Kier alpha value is 0.390. The Labute approximate surface area is 101 Å². The number of hydrogen-bond donors (Lipinski definition) is 1. The first-order chi connectivity index (χ1) is 6.70. The average Bonchev–Trinajstić information content (AvgIpc) is 2.19. The summed E-state index contributed by atoms with van der Waals surface area (Å²) in [6.45, 7) is 3.92. The summed E-state index contributed by atoms with van der Waals surface area (Å²) >= 11 is 6.20. The highest BCUT2D eigenvalue weighted by atomic mass is 79.9. The Kier molecular flexibility index (Phi) is 6.05. The van der Waals surface area contributed by atoms with Crippen LogP contribution in [0.2, 0.25) is 0 Å². The number of hydrogen-bond acceptors (Lipinski definition) is 2. The zero-order valence-corrected chi connectivity index (χ0v) is 11.3. The summed E-state index contributed by atoms with van der Waals surface area (Å²) in [5.41, 5.74) is 0. The third-order valence-electron chi connectivity index (χ3n) is 2.44. The molecule has 1 N–H and O–H groups in total. The second-order valence-electron chi connectivity index (χ2n) is 3.53. The van der Waals surface area contributed by atoms with Crippen LogP contribution in [0.25, 0.3) is 0 Å². The molecule has 0 amide bonds. The maximum atomic E-state index is 11.1. The number of alkyl halides is 2. The molecule has 0 aromatic carbocycles. The third-order valence-corrected chi connectivity index (χ3v) is 3.19. The second-order valence-corrected chi connectivity index (χ2v) is 6.59. The largest absolute Gasteiger partial charge is 0.458 e. The molecule has 1 rings (SSSR count). The lowest BCUT2D eigenvalue weighted by molar-refractivity contribution is -0.905. The number of piperidine rings is 1. The molecule has 0 aliphatic carbocycles. The van der Waals surface area contributed by atoms with Crippen LogP contribution in [0.5, 0.6) is 0 Å². The SMILES string of the molecule is O=C(OCC[NH+]1CCCCC1)C(Br)Br. The van der Waals surface area contributed by atoms with Crippen molar-refractivity contribution in [2.75, 3.05) is 26.2 Å². The molecule has 82 valence electrons. The van der Waals surface area contributed by atoms with Gasteiger partial charge in [-0.1, -0.05) is 31.9 Å². The van der Waals surface area contributed by atoms with E-state index < -0.39 is 0 Å². The van der Waals surface area contributed by atoms with E-state index in [2.05, 4.69) is 31.9 Å². The summed E-state index contributed by atoms with van der Waals surface area (Å²) in [6.07, 6.45) is 3.97. The number of rotatable bonds is 4. The number of carbonyl (C=O) groups excluding carboxylic acids is 1. The highest BCUT2D eigenvalue weighted by Gasteiger charge is 2.15. The first-order valence-electron chi connectivity index (χ1n) is 4.98. The van der Waals surface area contributed by atoms with Gasteiger partial charge < -0.3 is 9.64 Å². The number of quaternary nitrogens is 1. The van der Waals surface area contributed by atoms with Crippen molar-refractivity contribution >= 4 is 37.8 Å². The summed E-state index contributed by atoms with van der Waals surface area (Å²) < 4.78 is 4.68. The third kappa shape index (κ3) is 4.75. The lowest BCUT2D eigenvalue weighted by Crippen LogP contribution is -3.13. The fourth-order valence-corrected chi connectivity index (χ4v) is 1.93. The van der Waals surface area contributed by atoms with Gasteiger partial charge in [0.1, 0.15) is 13.2 Å². The molecule has 1 aliphatic heterocycles. The van der Waals surface area contributed by atoms with Crippen LogP contribution in [-0.4, -0.2) is 35.9 Å². The minimum absolute atomic E-state index is 0.235. The molecule has 0 bridgehead atoms. The molecule has 1 fully saturated rings. The van der Waals surface area contributed by atoms with E-state index in [4.69, 9.17) is 4.74 Å². The summed E-state index contributed by atoms with van der Waals surface area (Å²) in [5.74, 6) is -0.235. The van der Waals surface area contributed by atoms with E-state index in [9.17, 15) is 4.79 Å². The smallest absolute Gasteiger partial charge is 0.330 e. The number of carbonyl (C=O) groups is 1. The van der Waals surface area contributed by atoms with E-state index in [1.807, 2.05) is 0 Å². The molecule has 5 heteroatoms. The first kappa shape index (κ1) is 12.5. The number of ether oxygens (including phenoxy) is 1. The van der Waals surface area contributed by atoms with E-state index in [0.29, 0.717) is 6.61 Å². The van der Waals surface area contributed by atoms with Crippen molar-refractivity contribution in [1.29, 1.82) is 0 Å². The zero-order chi connectivity index (χ0) is 10.4. The molecule has 0 aromatic rings. The molecule has 1 aliphatic rings. The van der Waals surface area contributed by atoms with Crippen LogP contribution in [0, 0.1) is 0 Å². The van der Waals surface area contributed by atoms with Gasteiger partial charge in [0.25, 0.3) is 0 Å². The van der Waals surface area contributed by atoms with E-state index >= 15 is 0 Å². The van der Waals surface area contributed by atoms with Crippen molar-refractivity contribution in [3.05, 3.63) is 0 Å². The zero-order valence-electron chi connectivity index (χ0n) is 8.10. The number of halogens is 2. The summed E-state index contributed by atoms with van der Waals surface area (Å²) in [5, 5.41) is 0. The van der Waals surface area contributed by atoms with Crippen molar-refractivity contribution < 1.29 is 14.4 Å². The Balaban J connectivity index is 2.05. The van der Waals surface area contributed by atoms with Crippen molar-refractivity contribution in [3.63, 3.8) is 0 Å². The van der Waals surface area contributed by atoms with E-state index in [0.717, 1.165) is 6.54 Å².